The van der Waals surface area contributed by atoms with Crippen molar-refractivity contribution < 1.29 is 4.79 Å². The Morgan fingerprint density at radius 3 is 2.74 bits per heavy atom. The molecule has 0 spiro atoms. The van der Waals surface area contributed by atoms with Gasteiger partial charge in [-0.05, 0) is 57.4 Å². The van der Waals surface area contributed by atoms with Crippen molar-refractivity contribution in [3.8, 4) is 6.07 Å². The molecule has 0 bridgehead atoms. The molecular formula is C21H31N5O. The number of benzene rings is 1. The van der Waals surface area contributed by atoms with Crippen molar-refractivity contribution in [2.75, 3.05) is 51.6 Å². The molecular weight excluding hydrogens is 338 g/mol. The van der Waals surface area contributed by atoms with Crippen LogP contribution in [0.15, 0.2) is 18.2 Å². The molecule has 0 radical (unpaired) electrons. The van der Waals surface area contributed by atoms with E-state index >= 15 is 0 Å². The van der Waals surface area contributed by atoms with E-state index in [9.17, 15) is 10.1 Å². The maximum Gasteiger partial charge on any atom is 0.322 e. The zero-order valence-electron chi connectivity index (χ0n) is 16.6. The minimum atomic E-state index is -0.0363. The standard InChI is InChI=1S/C21H31N5O/c1-17-6-7-19(15-18(17)16-22)23-21(27)26-9-4-3-5-20(26)8-10-25-13-11-24(2)12-14-25/h6-7,15,20H,3-5,8-14H2,1-2H3,(H,23,27)/t20-/m1/s1. The van der Waals surface area contributed by atoms with E-state index in [0.717, 1.165) is 64.1 Å². The van der Waals surface area contributed by atoms with E-state index in [-0.39, 0.29) is 6.03 Å². The van der Waals surface area contributed by atoms with E-state index in [1.54, 1.807) is 6.07 Å². The van der Waals surface area contributed by atoms with E-state index in [2.05, 4.69) is 28.2 Å². The van der Waals surface area contributed by atoms with Crippen LogP contribution in [0.4, 0.5) is 10.5 Å². The van der Waals surface area contributed by atoms with Gasteiger partial charge in [-0.25, -0.2) is 4.79 Å². The minimum absolute atomic E-state index is 0.0363. The molecule has 0 aromatic heterocycles. The van der Waals surface area contributed by atoms with Crippen LogP contribution in [0.1, 0.15) is 36.8 Å². The van der Waals surface area contributed by atoms with Crippen molar-refractivity contribution in [3.63, 3.8) is 0 Å². The van der Waals surface area contributed by atoms with Crippen LogP contribution in [-0.2, 0) is 0 Å². The topological polar surface area (TPSA) is 62.6 Å². The average Bonchev–Trinajstić information content (AvgIpc) is 2.69. The van der Waals surface area contributed by atoms with Gasteiger partial charge in [0.2, 0.25) is 0 Å². The Balaban J connectivity index is 1.57. The third-order valence-corrected chi connectivity index (χ3v) is 5.87. The predicted octanol–water partition coefficient (Wildman–Crippen LogP) is 2.89. The number of aryl methyl sites for hydroxylation is 1. The highest BCUT2D eigenvalue weighted by Crippen LogP contribution is 2.22. The molecule has 2 fully saturated rings. The number of likely N-dealkylation sites (tertiary alicyclic amines) is 1. The summed E-state index contributed by atoms with van der Waals surface area (Å²) < 4.78 is 0. The molecule has 1 aromatic rings. The third kappa shape index (κ3) is 5.21. The highest BCUT2D eigenvalue weighted by Gasteiger charge is 2.27. The molecule has 6 heteroatoms. The van der Waals surface area contributed by atoms with Gasteiger partial charge in [0.05, 0.1) is 11.6 Å². The number of piperazine rings is 1. The molecule has 1 N–H and O–H groups in total. The molecule has 2 saturated heterocycles. The molecule has 27 heavy (non-hydrogen) atoms. The largest absolute Gasteiger partial charge is 0.322 e. The summed E-state index contributed by atoms with van der Waals surface area (Å²) in [5, 5.41) is 12.2. The molecule has 0 unspecified atom stereocenters. The molecule has 1 atom stereocenters. The molecule has 2 amide bonds. The van der Waals surface area contributed by atoms with Gasteiger partial charge in [-0.1, -0.05) is 6.07 Å². The number of amides is 2. The second-order valence-electron chi connectivity index (χ2n) is 7.85. The second kappa shape index (κ2) is 9.20. The predicted molar refractivity (Wildman–Crippen MR) is 108 cm³/mol. The molecule has 6 nitrogen and oxygen atoms in total. The van der Waals surface area contributed by atoms with Crippen LogP contribution >= 0.6 is 0 Å². The fraction of sp³-hybridized carbons (Fsp3) is 0.619. The maximum absolute atomic E-state index is 12.9. The quantitative estimate of drug-likeness (QED) is 0.886. The molecule has 2 aliphatic heterocycles. The number of anilines is 1. The van der Waals surface area contributed by atoms with Gasteiger partial charge in [-0.15, -0.1) is 0 Å². The molecule has 0 saturated carbocycles. The van der Waals surface area contributed by atoms with Crippen molar-refractivity contribution in [2.45, 2.75) is 38.6 Å². The van der Waals surface area contributed by atoms with Crippen LogP contribution in [0, 0.1) is 18.3 Å². The van der Waals surface area contributed by atoms with Crippen LogP contribution in [-0.4, -0.2) is 73.1 Å². The fourth-order valence-electron chi connectivity index (χ4n) is 3.99. The summed E-state index contributed by atoms with van der Waals surface area (Å²) in [6.07, 6.45) is 4.38. The lowest BCUT2D eigenvalue weighted by atomic mass is 9.99. The van der Waals surface area contributed by atoms with Gasteiger partial charge in [0.1, 0.15) is 0 Å². The third-order valence-electron chi connectivity index (χ3n) is 5.87. The number of hydrogen-bond acceptors (Lipinski definition) is 4. The molecule has 2 heterocycles. The molecule has 1 aromatic carbocycles. The lowest BCUT2D eigenvalue weighted by Crippen LogP contribution is -2.49. The number of carbonyl (C=O) groups is 1. The van der Waals surface area contributed by atoms with Crippen molar-refractivity contribution in [1.82, 2.24) is 14.7 Å². The van der Waals surface area contributed by atoms with Crippen LogP contribution in [0.25, 0.3) is 0 Å². The van der Waals surface area contributed by atoms with Gasteiger partial charge in [0.15, 0.2) is 0 Å². The Hall–Kier alpha value is -2.10. The van der Waals surface area contributed by atoms with Gasteiger partial charge in [-0.2, -0.15) is 5.26 Å². The van der Waals surface area contributed by atoms with Crippen molar-refractivity contribution in [3.05, 3.63) is 29.3 Å². The van der Waals surface area contributed by atoms with Gasteiger partial charge in [-0.3, -0.25) is 0 Å². The molecule has 3 rings (SSSR count). The Kier molecular flexibility index (Phi) is 6.70. The summed E-state index contributed by atoms with van der Waals surface area (Å²) in [5.74, 6) is 0. The zero-order valence-corrected chi connectivity index (χ0v) is 16.6. The van der Waals surface area contributed by atoms with Gasteiger partial charge in [0.25, 0.3) is 0 Å². The van der Waals surface area contributed by atoms with Gasteiger partial charge in [0, 0.05) is 51.0 Å². The summed E-state index contributed by atoms with van der Waals surface area (Å²) in [6, 6.07) is 7.97. The van der Waals surface area contributed by atoms with Crippen LogP contribution in [0.5, 0.6) is 0 Å². The zero-order chi connectivity index (χ0) is 19.2. The van der Waals surface area contributed by atoms with Crippen molar-refractivity contribution in [2.24, 2.45) is 0 Å². The first kappa shape index (κ1) is 19.7. The van der Waals surface area contributed by atoms with Crippen LogP contribution in [0.2, 0.25) is 0 Å². The molecule has 0 aliphatic carbocycles. The second-order valence-corrected chi connectivity index (χ2v) is 7.85. The Labute approximate surface area is 162 Å². The lowest BCUT2D eigenvalue weighted by Gasteiger charge is -2.38. The Bertz CT molecular complexity index is 690. The van der Waals surface area contributed by atoms with E-state index in [1.807, 2.05) is 24.0 Å². The number of nitriles is 1. The number of likely N-dealkylation sites (N-methyl/N-ethyl adjacent to an activating group) is 1. The summed E-state index contributed by atoms with van der Waals surface area (Å²) >= 11 is 0. The van der Waals surface area contributed by atoms with Crippen LogP contribution in [0.3, 0.4) is 0 Å². The summed E-state index contributed by atoms with van der Waals surface area (Å²) in [7, 11) is 2.17. The first-order chi connectivity index (χ1) is 13.1. The number of piperidine rings is 1. The molecule has 146 valence electrons. The lowest BCUT2D eigenvalue weighted by molar-refractivity contribution is 0.122. The minimum Gasteiger partial charge on any atom is -0.322 e. The molecule has 2 aliphatic rings. The van der Waals surface area contributed by atoms with E-state index < -0.39 is 0 Å². The van der Waals surface area contributed by atoms with E-state index in [4.69, 9.17) is 0 Å². The first-order valence-electron chi connectivity index (χ1n) is 10.1. The van der Waals surface area contributed by atoms with Crippen LogP contribution < -0.4 is 5.32 Å². The monoisotopic (exact) mass is 369 g/mol. The number of carbonyl (C=O) groups excluding carboxylic acids is 1. The van der Waals surface area contributed by atoms with E-state index in [0.29, 0.717) is 17.3 Å². The Morgan fingerprint density at radius 1 is 1.22 bits per heavy atom. The number of hydrogen-bond donors (Lipinski definition) is 1. The highest BCUT2D eigenvalue weighted by molar-refractivity contribution is 5.89. The summed E-state index contributed by atoms with van der Waals surface area (Å²) in [5.41, 5.74) is 2.24. The summed E-state index contributed by atoms with van der Waals surface area (Å²) in [6.45, 7) is 8.28. The highest BCUT2D eigenvalue weighted by atomic mass is 16.2. The number of nitrogens with zero attached hydrogens (tertiary/aromatic N) is 4. The number of nitrogens with one attached hydrogen (secondary N) is 1. The van der Waals surface area contributed by atoms with Gasteiger partial charge < -0.3 is 20.0 Å². The maximum atomic E-state index is 12.9. The summed E-state index contributed by atoms with van der Waals surface area (Å²) in [4.78, 5) is 19.8. The normalized spacial score (nSPS) is 21.7. The smallest absolute Gasteiger partial charge is 0.322 e. The fourth-order valence-corrected chi connectivity index (χ4v) is 3.99. The van der Waals surface area contributed by atoms with Crippen molar-refractivity contribution >= 4 is 11.7 Å². The van der Waals surface area contributed by atoms with E-state index in [1.165, 1.54) is 6.42 Å². The number of urea groups is 1. The number of rotatable bonds is 4. The SMILES string of the molecule is Cc1ccc(NC(=O)N2CCCC[C@@H]2CCN2CCN(C)CC2)cc1C#N. The average molecular weight is 370 g/mol. The van der Waals surface area contributed by atoms with Crippen molar-refractivity contribution in [1.29, 1.82) is 5.26 Å². The first-order valence-corrected chi connectivity index (χ1v) is 10.1. The van der Waals surface area contributed by atoms with Gasteiger partial charge >= 0.3 is 6.03 Å². The Morgan fingerprint density at radius 2 is 2.00 bits per heavy atom.